The number of benzene rings is 2. The van der Waals surface area contributed by atoms with E-state index in [4.69, 9.17) is 9.47 Å². The lowest BCUT2D eigenvalue weighted by molar-refractivity contribution is -0.00364. The Hall–Kier alpha value is -2.56. The molecule has 0 bridgehead atoms. The molecule has 4 rings (SSSR count). The SMILES string of the molecule is C=CC1CCC(O)C(Oc2ccc(C(C)(C)c3ccc(OC4CC(C=C)CCC4O)cc3)cc2)C1. The van der Waals surface area contributed by atoms with Crippen molar-refractivity contribution in [1.82, 2.24) is 0 Å². The summed E-state index contributed by atoms with van der Waals surface area (Å²) in [6.07, 6.45) is 7.75. The van der Waals surface area contributed by atoms with Crippen LogP contribution >= 0.6 is 0 Å². The first-order valence-electron chi connectivity index (χ1n) is 13.0. The molecule has 0 spiro atoms. The third kappa shape index (κ3) is 5.99. The third-order valence-corrected chi connectivity index (χ3v) is 7.99. The van der Waals surface area contributed by atoms with Gasteiger partial charge in [0.15, 0.2) is 0 Å². The van der Waals surface area contributed by atoms with Crippen molar-refractivity contribution in [3.05, 3.63) is 85.0 Å². The molecule has 6 unspecified atom stereocenters. The maximum atomic E-state index is 10.4. The first kappa shape index (κ1) is 25.5. The summed E-state index contributed by atoms with van der Waals surface area (Å²) in [6, 6.07) is 16.4. The molecule has 2 aliphatic carbocycles. The number of hydrogen-bond donors (Lipinski definition) is 2. The van der Waals surface area contributed by atoms with Crippen molar-refractivity contribution in [1.29, 1.82) is 0 Å². The highest BCUT2D eigenvalue weighted by atomic mass is 16.5. The van der Waals surface area contributed by atoms with E-state index >= 15 is 0 Å². The largest absolute Gasteiger partial charge is 0.488 e. The van der Waals surface area contributed by atoms with Gasteiger partial charge in [-0.15, -0.1) is 13.2 Å². The van der Waals surface area contributed by atoms with Crippen LogP contribution in [-0.2, 0) is 5.41 Å². The summed E-state index contributed by atoms with van der Waals surface area (Å²) >= 11 is 0. The highest BCUT2D eigenvalue weighted by Crippen LogP contribution is 2.35. The number of allylic oxidation sites excluding steroid dienone is 2. The third-order valence-electron chi connectivity index (χ3n) is 7.99. The molecule has 0 heterocycles. The Morgan fingerprint density at radius 2 is 1.06 bits per heavy atom. The fraction of sp³-hybridized carbons (Fsp3) is 0.484. The van der Waals surface area contributed by atoms with E-state index in [-0.39, 0.29) is 17.6 Å². The van der Waals surface area contributed by atoms with Gasteiger partial charge in [-0.2, -0.15) is 0 Å². The van der Waals surface area contributed by atoms with Crippen LogP contribution < -0.4 is 9.47 Å². The number of aliphatic hydroxyl groups excluding tert-OH is 2. The van der Waals surface area contributed by atoms with Gasteiger partial charge in [0.2, 0.25) is 0 Å². The molecule has 35 heavy (non-hydrogen) atoms. The standard InChI is InChI=1S/C31H40O4/c1-5-21-7-17-27(32)29(19-21)34-25-13-9-23(10-14-25)31(3,4)24-11-15-26(16-12-24)35-30-20-22(6-2)8-18-28(30)33/h5-6,9-16,21-22,27-30,32-33H,1-2,7-8,17-20H2,3-4H3. The van der Waals surface area contributed by atoms with E-state index < -0.39 is 12.2 Å². The van der Waals surface area contributed by atoms with Crippen molar-refractivity contribution >= 4 is 0 Å². The van der Waals surface area contributed by atoms with E-state index in [1.165, 1.54) is 11.1 Å². The molecule has 2 aromatic rings. The van der Waals surface area contributed by atoms with Crippen LogP contribution in [0, 0.1) is 11.8 Å². The van der Waals surface area contributed by atoms with Gasteiger partial charge in [-0.1, -0.05) is 50.3 Å². The van der Waals surface area contributed by atoms with Crippen LogP contribution in [0.15, 0.2) is 73.8 Å². The Bertz CT molecular complexity index is 899. The summed E-state index contributed by atoms with van der Waals surface area (Å²) in [5.74, 6) is 2.37. The van der Waals surface area contributed by atoms with Crippen LogP contribution in [0.4, 0.5) is 0 Å². The van der Waals surface area contributed by atoms with E-state index in [2.05, 4.69) is 51.3 Å². The molecule has 0 amide bonds. The smallest absolute Gasteiger partial charge is 0.125 e. The quantitative estimate of drug-likeness (QED) is 0.445. The Kier molecular flexibility index (Phi) is 8.03. The minimum atomic E-state index is -0.430. The predicted octanol–water partition coefficient (Wildman–Crippen LogP) is 6.20. The van der Waals surface area contributed by atoms with E-state index in [0.29, 0.717) is 11.8 Å². The van der Waals surface area contributed by atoms with E-state index in [1.54, 1.807) is 0 Å². The Balaban J connectivity index is 1.40. The van der Waals surface area contributed by atoms with E-state index in [9.17, 15) is 10.2 Å². The molecule has 0 aliphatic heterocycles. The zero-order valence-corrected chi connectivity index (χ0v) is 21.1. The monoisotopic (exact) mass is 476 g/mol. The van der Waals surface area contributed by atoms with Crippen LogP contribution in [-0.4, -0.2) is 34.6 Å². The summed E-state index contributed by atoms with van der Waals surface area (Å²) in [5, 5.41) is 20.7. The minimum absolute atomic E-state index is 0.192. The summed E-state index contributed by atoms with van der Waals surface area (Å²) in [6.45, 7) is 12.2. The van der Waals surface area contributed by atoms with Gasteiger partial charge in [0.05, 0.1) is 12.2 Å². The van der Waals surface area contributed by atoms with Crippen molar-refractivity contribution in [3.63, 3.8) is 0 Å². The van der Waals surface area contributed by atoms with Gasteiger partial charge in [0, 0.05) is 5.41 Å². The second-order valence-corrected chi connectivity index (χ2v) is 10.7. The van der Waals surface area contributed by atoms with Crippen molar-refractivity contribution in [3.8, 4) is 11.5 Å². The maximum Gasteiger partial charge on any atom is 0.125 e. The topological polar surface area (TPSA) is 58.9 Å². The van der Waals surface area contributed by atoms with Crippen LogP contribution in [0.3, 0.4) is 0 Å². The van der Waals surface area contributed by atoms with Gasteiger partial charge >= 0.3 is 0 Å². The molecular formula is C31H40O4. The Labute approximate surface area is 210 Å². The van der Waals surface area contributed by atoms with E-state index in [0.717, 1.165) is 50.0 Å². The zero-order chi connectivity index (χ0) is 25.0. The molecule has 0 aromatic heterocycles. The van der Waals surface area contributed by atoms with Crippen LogP contribution in [0.1, 0.15) is 63.5 Å². The molecule has 2 saturated carbocycles. The van der Waals surface area contributed by atoms with Gasteiger partial charge in [-0.3, -0.25) is 0 Å². The zero-order valence-electron chi connectivity index (χ0n) is 21.1. The molecular weight excluding hydrogens is 436 g/mol. The van der Waals surface area contributed by atoms with E-state index in [1.807, 2.05) is 36.4 Å². The highest BCUT2D eigenvalue weighted by Gasteiger charge is 2.31. The highest BCUT2D eigenvalue weighted by molar-refractivity contribution is 5.42. The van der Waals surface area contributed by atoms with Crippen molar-refractivity contribution in [2.24, 2.45) is 11.8 Å². The summed E-state index contributed by atoms with van der Waals surface area (Å²) in [4.78, 5) is 0. The molecule has 6 atom stereocenters. The lowest BCUT2D eigenvalue weighted by atomic mass is 9.78. The molecule has 4 nitrogen and oxygen atoms in total. The second kappa shape index (κ2) is 11.0. The normalized spacial score (nSPS) is 29.3. The summed E-state index contributed by atoms with van der Waals surface area (Å²) < 4.78 is 12.3. The van der Waals surface area contributed by atoms with Gasteiger partial charge in [0.25, 0.3) is 0 Å². The molecule has 4 heteroatoms. The van der Waals surface area contributed by atoms with Gasteiger partial charge in [-0.05, 0) is 85.8 Å². The molecule has 188 valence electrons. The van der Waals surface area contributed by atoms with Crippen LogP contribution in [0.25, 0.3) is 0 Å². The molecule has 0 radical (unpaired) electrons. The van der Waals surface area contributed by atoms with Crippen LogP contribution in [0.2, 0.25) is 0 Å². The fourth-order valence-electron chi connectivity index (χ4n) is 5.39. The number of ether oxygens (including phenoxy) is 2. The Morgan fingerprint density at radius 1 is 0.686 bits per heavy atom. The number of rotatable bonds is 8. The van der Waals surface area contributed by atoms with Crippen LogP contribution in [0.5, 0.6) is 11.5 Å². The minimum Gasteiger partial charge on any atom is -0.488 e. The number of aliphatic hydroxyl groups is 2. The lowest BCUT2D eigenvalue weighted by Crippen LogP contribution is -2.37. The number of hydrogen-bond acceptors (Lipinski definition) is 4. The first-order chi connectivity index (χ1) is 16.8. The summed E-state index contributed by atoms with van der Waals surface area (Å²) in [5.41, 5.74) is 2.17. The van der Waals surface area contributed by atoms with Gasteiger partial charge < -0.3 is 19.7 Å². The molecule has 0 saturated heterocycles. The molecule has 2 aromatic carbocycles. The van der Waals surface area contributed by atoms with Crippen molar-refractivity contribution < 1.29 is 19.7 Å². The van der Waals surface area contributed by atoms with Crippen molar-refractivity contribution in [2.75, 3.05) is 0 Å². The fourth-order valence-corrected chi connectivity index (χ4v) is 5.39. The molecule has 2 fully saturated rings. The lowest BCUT2D eigenvalue weighted by Gasteiger charge is -2.33. The van der Waals surface area contributed by atoms with Gasteiger partial charge in [0.1, 0.15) is 23.7 Å². The summed E-state index contributed by atoms with van der Waals surface area (Å²) in [7, 11) is 0. The molecule has 2 N–H and O–H groups in total. The average molecular weight is 477 g/mol. The second-order valence-electron chi connectivity index (χ2n) is 10.7. The average Bonchev–Trinajstić information content (AvgIpc) is 2.87. The Morgan fingerprint density at radius 3 is 1.40 bits per heavy atom. The first-order valence-corrected chi connectivity index (χ1v) is 13.0. The maximum absolute atomic E-state index is 10.4. The van der Waals surface area contributed by atoms with Gasteiger partial charge in [-0.25, -0.2) is 0 Å². The van der Waals surface area contributed by atoms with Crippen molar-refractivity contribution in [2.45, 2.75) is 82.2 Å². The molecule has 2 aliphatic rings. The predicted molar refractivity (Wildman–Crippen MR) is 141 cm³/mol.